The lowest BCUT2D eigenvalue weighted by atomic mass is 10.1. The van der Waals surface area contributed by atoms with Crippen LogP contribution >= 0.6 is 11.8 Å². The van der Waals surface area contributed by atoms with Gasteiger partial charge in [-0.3, -0.25) is 4.79 Å². The van der Waals surface area contributed by atoms with Crippen molar-refractivity contribution in [3.05, 3.63) is 59.7 Å². The number of nitrogens with one attached hydrogen (secondary N) is 1. The third-order valence-corrected chi connectivity index (χ3v) is 5.92. The number of hydrogen-bond acceptors (Lipinski definition) is 6. The number of carbonyl (C=O) groups excluding carboxylic acids is 1. The second-order valence-electron chi connectivity index (χ2n) is 7.13. The van der Waals surface area contributed by atoms with E-state index in [4.69, 9.17) is 0 Å². The van der Waals surface area contributed by atoms with Gasteiger partial charge in [-0.25, -0.2) is 4.68 Å². The SMILES string of the molecule is Cc1cc(N2CCCC2)ccc1NC(=O)CSc1nnnn1Cc1ccccc1. The maximum atomic E-state index is 12.5. The van der Waals surface area contributed by atoms with Crippen molar-refractivity contribution in [1.82, 2.24) is 20.2 Å². The van der Waals surface area contributed by atoms with E-state index in [2.05, 4.69) is 37.9 Å². The molecule has 4 rings (SSSR count). The van der Waals surface area contributed by atoms with Gasteiger partial charge in [-0.15, -0.1) is 5.10 Å². The van der Waals surface area contributed by atoms with Gasteiger partial charge in [0.05, 0.1) is 12.3 Å². The number of tetrazole rings is 1. The van der Waals surface area contributed by atoms with Crippen LogP contribution in [0.15, 0.2) is 53.7 Å². The Morgan fingerprint density at radius 1 is 1.14 bits per heavy atom. The van der Waals surface area contributed by atoms with E-state index in [1.54, 1.807) is 4.68 Å². The molecule has 1 N–H and O–H groups in total. The highest BCUT2D eigenvalue weighted by Gasteiger charge is 2.15. The molecule has 0 saturated carbocycles. The summed E-state index contributed by atoms with van der Waals surface area (Å²) in [6, 6.07) is 16.2. The minimum Gasteiger partial charge on any atom is -0.372 e. The van der Waals surface area contributed by atoms with Crippen molar-refractivity contribution < 1.29 is 4.79 Å². The fraction of sp³-hybridized carbons (Fsp3) is 0.333. The average Bonchev–Trinajstić information content (AvgIpc) is 3.41. The van der Waals surface area contributed by atoms with Crippen molar-refractivity contribution in [3.8, 4) is 0 Å². The van der Waals surface area contributed by atoms with E-state index in [9.17, 15) is 4.79 Å². The second-order valence-corrected chi connectivity index (χ2v) is 8.08. The van der Waals surface area contributed by atoms with Crippen LogP contribution in [0.5, 0.6) is 0 Å². The first-order valence-electron chi connectivity index (χ1n) is 9.77. The Kier molecular flexibility index (Phi) is 6.09. The lowest BCUT2D eigenvalue weighted by Gasteiger charge is -2.19. The monoisotopic (exact) mass is 408 g/mol. The molecule has 2 aromatic carbocycles. The smallest absolute Gasteiger partial charge is 0.234 e. The van der Waals surface area contributed by atoms with Crippen LogP contribution in [0.4, 0.5) is 11.4 Å². The van der Waals surface area contributed by atoms with Crippen LogP contribution in [0.2, 0.25) is 0 Å². The molecular weight excluding hydrogens is 384 g/mol. The van der Waals surface area contributed by atoms with Crippen LogP contribution in [0.3, 0.4) is 0 Å². The summed E-state index contributed by atoms with van der Waals surface area (Å²) < 4.78 is 1.71. The van der Waals surface area contributed by atoms with Crippen molar-refractivity contribution in [2.45, 2.75) is 31.5 Å². The zero-order chi connectivity index (χ0) is 20.1. The van der Waals surface area contributed by atoms with Gasteiger partial charge < -0.3 is 10.2 Å². The number of thioether (sulfide) groups is 1. The molecule has 1 amide bonds. The first kappa shape index (κ1) is 19.4. The minimum atomic E-state index is -0.0683. The number of hydrogen-bond donors (Lipinski definition) is 1. The number of aromatic nitrogens is 4. The van der Waals surface area contributed by atoms with E-state index < -0.39 is 0 Å². The Morgan fingerprint density at radius 2 is 1.93 bits per heavy atom. The van der Waals surface area contributed by atoms with Gasteiger partial charge in [0.25, 0.3) is 0 Å². The molecule has 7 nitrogen and oxygen atoms in total. The van der Waals surface area contributed by atoms with Crippen LogP contribution in [0.25, 0.3) is 0 Å². The summed E-state index contributed by atoms with van der Waals surface area (Å²) in [5.41, 5.74) is 4.26. The Hall–Kier alpha value is -2.87. The van der Waals surface area contributed by atoms with Gasteiger partial charge in [-0.2, -0.15) is 0 Å². The van der Waals surface area contributed by atoms with Gasteiger partial charge >= 0.3 is 0 Å². The fourth-order valence-corrected chi connectivity index (χ4v) is 4.11. The highest BCUT2D eigenvalue weighted by atomic mass is 32.2. The standard InChI is InChI=1S/C21H24N6OS/c1-16-13-18(26-11-5-6-12-26)9-10-19(16)22-20(28)15-29-21-23-24-25-27(21)14-17-7-3-2-4-8-17/h2-4,7-10,13H,5-6,11-12,14-15H2,1H3,(H,22,28). The van der Waals surface area contributed by atoms with Gasteiger partial charge in [0.2, 0.25) is 11.1 Å². The van der Waals surface area contributed by atoms with Gasteiger partial charge in [-0.1, -0.05) is 42.1 Å². The number of nitrogens with zero attached hydrogens (tertiary/aromatic N) is 5. The lowest BCUT2D eigenvalue weighted by Crippen LogP contribution is -2.18. The van der Waals surface area contributed by atoms with Gasteiger partial charge in [-0.05, 0) is 59.5 Å². The normalized spacial score (nSPS) is 13.6. The summed E-state index contributed by atoms with van der Waals surface area (Å²) in [4.78, 5) is 14.8. The molecule has 0 atom stereocenters. The molecular formula is C21H24N6OS. The first-order valence-corrected chi connectivity index (χ1v) is 10.8. The molecule has 29 heavy (non-hydrogen) atoms. The highest BCUT2D eigenvalue weighted by Crippen LogP contribution is 2.26. The minimum absolute atomic E-state index is 0.0683. The molecule has 3 aromatic rings. The molecule has 8 heteroatoms. The maximum Gasteiger partial charge on any atom is 0.234 e. The summed E-state index contributed by atoms with van der Waals surface area (Å²) in [6.45, 7) is 4.83. The van der Waals surface area contributed by atoms with E-state index in [1.807, 2.05) is 43.3 Å². The topological polar surface area (TPSA) is 75.9 Å². The Morgan fingerprint density at radius 3 is 2.69 bits per heavy atom. The summed E-state index contributed by atoms with van der Waals surface area (Å²) in [5.74, 6) is 0.184. The lowest BCUT2D eigenvalue weighted by molar-refractivity contribution is -0.113. The molecule has 1 aromatic heterocycles. The van der Waals surface area contributed by atoms with E-state index in [0.717, 1.165) is 29.9 Å². The van der Waals surface area contributed by atoms with Crippen molar-refractivity contribution in [2.75, 3.05) is 29.1 Å². The predicted octanol–water partition coefficient (Wildman–Crippen LogP) is 3.36. The molecule has 1 fully saturated rings. The van der Waals surface area contributed by atoms with E-state index in [1.165, 1.54) is 30.3 Å². The Labute approximate surface area is 174 Å². The van der Waals surface area contributed by atoms with Crippen LogP contribution in [0.1, 0.15) is 24.0 Å². The molecule has 0 bridgehead atoms. The largest absolute Gasteiger partial charge is 0.372 e. The maximum absolute atomic E-state index is 12.5. The Balaban J connectivity index is 1.33. The van der Waals surface area contributed by atoms with Gasteiger partial charge in [0, 0.05) is 24.5 Å². The van der Waals surface area contributed by atoms with Gasteiger partial charge in [0.15, 0.2) is 0 Å². The molecule has 0 spiro atoms. The van der Waals surface area contributed by atoms with Gasteiger partial charge in [0.1, 0.15) is 0 Å². The zero-order valence-corrected chi connectivity index (χ0v) is 17.2. The zero-order valence-electron chi connectivity index (χ0n) is 16.4. The number of benzene rings is 2. The molecule has 0 unspecified atom stereocenters. The molecule has 1 aliphatic heterocycles. The van der Waals surface area contributed by atoms with Crippen LogP contribution in [-0.2, 0) is 11.3 Å². The quantitative estimate of drug-likeness (QED) is 0.604. The fourth-order valence-electron chi connectivity index (χ4n) is 3.43. The predicted molar refractivity (Wildman–Crippen MR) is 115 cm³/mol. The average molecular weight is 409 g/mol. The Bertz CT molecular complexity index is 968. The van der Waals surface area contributed by atoms with Crippen LogP contribution < -0.4 is 10.2 Å². The van der Waals surface area contributed by atoms with E-state index in [0.29, 0.717) is 11.7 Å². The second kappa shape index (κ2) is 9.09. The van der Waals surface area contributed by atoms with E-state index in [-0.39, 0.29) is 11.7 Å². The highest BCUT2D eigenvalue weighted by molar-refractivity contribution is 7.99. The van der Waals surface area contributed by atoms with E-state index >= 15 is 0 Å². The van der Waals surface area contributed by atoms with Crippen LogP contribution in [-0.4, -0.2) is 45.0 Å². The summed E-state index contributed by atoms with van der Waals surface area (Å²) in [7, 11) is 0. The molecule has 0 radical (unpaired) electrons. The summed E-state index contributed by atoms with van der Waals surface area (Å²) >= 11 is 1.34. The molecule has 0 aliphatic carbocycles. The number of amides is 1. The summed E-state index contributed by atoms with van der Waals surface area (Å²) in [5, 5.41) is 15.5. The van der Waals surface area contributed by atoms with Crippen molar-refractivity contribution in [1.29, 1.82) is 0 Å². The molecule has 1 aliphatic rings. The van der Waals surface area contributed by atoms with Crippen molar-refractivity contribution in [3.63, 3.8) is 0 Å². The number of aryl methyl sites for hydroxylation is 1. The molecule has 2 heterocycles. The third-order valence-electron chi connectivity index (χ3n) is 4.96. The number of anilines is 2. The molecule has 150 valence electrons. The first-order chi connectivity index (χ1) is 14.2. The number of carbonyl (C=O) groups is 1. The van der Waals surface area contributed by atoms with Crippen LogP contribution in [0, 0.1) is 6.92 Å². The summed E-state index contributed by atoms with van der Waals surface area (Å²) in [6.07, 6.45) is 2.50. The molecule has 1 saturated heterocycles. The van der Waals surface area contributed by atoms with Crippen molar-refractivity contribution >= 4 is 29.0 Å². The number of rotatable bonds is 7. The van der Waals surface area contributed by atoms with Crippen molar-refractivity contribution in [2.24, 2.45) is 0 Å². The third kappa shape index (κ3) is 4.95.